The van der Waals surface area contributed by atoms with Gasteiger partial charge in [0.2, 0.25) is 0 Å². The minimum atomic E-state index is 0. The normalized spacial score (nSPS) is 17.4. The predicted molar refractivity (Wildman–Crippen MR) is 98.8 cm³/mol. The molecule has 2 rings (SSSR count). The van der Waals surface area contributed by atoms with E-state index in [-0.39, 0.29) is 8.39 Å². The van der Waals surface area contributed by atoms with Gasteiger partial charge < -0.3 is 10.1 Å². The van der Waals surface area contributed by atoms with Gasteiger partial charge in [-0.3, -0.25) is 0 Å². The summed E-state index contributed by atoms with van der Waals surface area (Å²) >= 11 is 0. The third-order valence-corrected chi connectivity index (χ3v) is 4.39. The Hall–Kier alpha value is -1.28. The minimum Gasteiger partial charge on any atom is -0.493 e. The van der Waals surface area contributed by atoms with Crippen LogP contribution in [0.15, 0.2) is 36.9 Å². The van der Waals surface area contributed by atoms with Gasteiger partial charge >= 0.3 is 0 Å². The maximum Gasteiger partial charge on any atom is 0.122 e. The molecule has 0 radical (unpaired) electrons. The molecule has 1 atom stereocenters. The van der Waals surface area contributed by atoms with Gasteiger partial charge in [-0.25, -0.2) is 0 Å². The van der Waals surface area contributed by atoms with Crippen molar-refractivity contribution in [1.82, 2.24) is 5.32 Å². The van der Waals surface area contributed by atoms with E-state index in [1.807, 2.05) is 6.08 Å². The molecule has 1 saturated carbocycles. The molecule has 0 aliphatic heterocycles. The Balaban J connectivity index is 0.00000264. The first-order chi connectivity index (χ1) is 10.5. The Morgan fingerprint density at radius 1 is 1.32 bits per heavy atom. The lowest BCUT2D eigenvalue weighted by Gasteiger charge is -2.24. The van der Waals surface area contributed by atoms with E-state index in [0.29, 0.717) is 18.4 Å². The molecule has 0 aromatic heterocycles. The van der Waals surface area contributed by atoms with E-state index in [9.17, 15) is 0 Å². The van der Waals surface area contributed by atoms with Crippen LogP contribution in [-0.4, -0.2) is 18.7 Å². The SMILES string of the molecule is C=CC(CNC(C)(C)C)COc1ccccc1C1CCCC1.[HH].[HH]. The maximum atomic E-state index is 6.16. The van der Waals surface area contributed by atoms with Gasteiger partial charge in [0.15, 0.2) is 0 Å². The molecule has 1 aromatic carbocycles. The molecule has 0 spiro atoms. The molecule has 1 N–H and O–H groups in total. The Kier molecular flexibility index (Phi) is 6.07. The summed E-state index contributed by atoms with van der Waals surface area (Å²) < 4.78 is 6.16. The van der Waals surface area contributed by atoms with Gasteiger partial charge in [0.05, 0.1) is 6.61 Å². The zero-order chi connectivity index (χ0) is 16.0. The third-order valence-electron chi connectivity index (χ3n) is 4.39. The zero-order valence-corrected chi connectivity index (χ0v) is 14.4. The van der Waals surface area contributed by atoms with Gasteiger partial charge in [0.25, 0.3) is 0 Å². The van der Waals surface area contributed by atoms with Crippen LogP contribution in [0.2, 0.25) is 0 Å². The molecule has 0 heterocycles. The van der Waals surface area contributed by atoms with Crippen molar-refractivity contribution in [3.05, 3.63) is 42.5 Å². The number of ether oxygens (including phenoxy) is 1. The summed E-state index contributed by atoms with van der Waals surface area (Å²) in [6.07, 6.45) is 7.30. The summed E-state index contributed by atoms with van der Waals surface area (Å²) in [5, 5.41) is 3.53. The van der Waals surface area contributed by atoms with Crippen LogP contribution < -0.4 is 10.1 Å². The minimum absolute atomic E-state index is 0. The maximum absolute atomic E-state index is 6.16. The number of para-hydroxylation sites is 1. The lowest BCUT2D eigenvalue weighted by molar-refractivity contribution is 0.257. The fraction of sp³-hybridized carbons (Fsp3) is 0.600. The number of nitrogens with one attached hydrogen (secondary N) is 1. The van der Waals surface area contributed by atoms with Crippen LogP contribution in [0.25, 0.3) is 0 Å². The molecule has 0 amide bonds. The molecule has 1 unspecified atom stereocenters. The van der Waals surface area contributed by atoms with Crippen molar-refractivity contribution < 1.29 is 7.59 Å². The zero-order valence-electron chi connectivity index (χ0n) is 14.4. The van der Waals surface area contributed by atoms with Crippen molar-refractivity contribution in [1.29, 1.82) is 0 Å². The van der Waals surface area contributed by atoms with E-state index >= 15 is 0 Å². The highest BCUT2D eigenvalue weighted by molar-refractivity contribution is 5.36. The van der Waals surface area contributed by atoms with Crippen LogP contribution >= 0.6 is 0 Å². The van der Waals surface area contributed by atoms with Gasteiger partial charge in [-0.15, -0.1) is 6.58 Å². The first-order valence-electron chi connectivity index (χ1n) is 8.59. The first-order valence-corrected chi connectivity index (χ1v) is 8.59. The number of hydrogen-bond donors (Lipinski definition) is 1. The van der Waals surface area contributed by atoms with Crippen molar-refractivity contribution in [2.75, 3.05) is 13.2 Å². The van der Waals surface area contributed by atoms with Crippen molar-refractivity contribution in [2.45, 2.75) is 57.9 Å². The molecule has 2 nitrogen and oxygen atoms in total. The molecule has 1 aromatic rings. The van der Waals surface area contributed by atoms with Gasteiger partial charge in [-0.1, -0.05) is 37.1 Å². The van der Waals surface area contributed by atoms with Crippen LogP contribution in [-0.2, 0) is 0 Å². The second kappa shape index (κ2) is 7.82. The lowest BCUT2D eigenvalue weighted by Crippen LogP contribution is -2.39. The Morgan fingerprint density at radius 3 is 2.64 bits per heavy atom. The van der Waals surface area contributed by atoms with Gasteiger partial charge in [-0.05, 0) is 51.2 Å². The molecule has 0 bridgehead atoms. The van der Waals surface area contributed by atoms with Crippen LogP contribution in [0.1, 0.15) is 60.8 Å². The summed E-state index contributed by atoms with van der Waals surface area (Å²) in [4.78, 5) is 0. The van der Waals surface area contributed by atoms with E-state index in [1.165, 1.54) is 31.2 Å². The van der Waals surface area contributed by atoms with E-state index in [1.54, 1.807) is 0 Å². The van der Waals surface area contributed by atoms with E-state index in [4.69, 9.17) is 4.74 Å². The molecular formula is C20H35NO. The summed E-state index contributed by atoms with van der Waals surface area (Å²) in [5.41, 5.74) is 1.52. The summed E-state index contributed by atoms with van der Waals surface area (Å²) in [5.74, 6) is 2.08. The average molecular weight is 306 g/mol. The highest BCUT2D eigenvalue weighted by Gasteiger charge is 2.20. The fourth-order valence-corrected chi connectivity index (χ4v) is 3.03. The van der Waals surface area contributed by atoms with Crippen LogP contribution in [0.3, 0.4) is 0 Å². The number of hydrogen-bond acceptors (Lipinski definition) is 2. The molecule has 22 heavy (non-hydrogen) atoms. The number of benzene rings is 1. The first kappa shape index (κ1) is 17.1. The molecule has 126 valence electrons. The van der Waals surface area contributed by atoms with E-state index < -0.39 is 0 Å². The second-order valence-electron chi connectivity index (χ2n) is 7.46. The monoisotopic (exact) mass is 305 g/mol. The topological polar surface area (TPSA) is 21.3 Å². The Morgan fingerprint density at radius 2 is 2.00 bits per heavy atom. The van der Waals surface area contributed by atoms with Crippen molar-refractivity contribution in [3.8, 4) is 5.75 Å². The summed E-state index contributed by atoms with van der Waals surface area (Å²) in [6.45, 7) is 12.1. The smallest absolute Gasteiger partial charge is 0.122 e. The highest BCUT2D eigenvalue weighted by atomic mass is 16.5. The molecule has 1 fully saturated rings. The lowest BCUT2D eigenvalue weighted by atomic mass is 9.97. The van der Waals surface area contributed by atoms with Gasteiger partial charge in [0, 0.05) is 20.9 Å². The molecule has 1 aliphatic rings. The highest BCUT2D eigenvalue weighted by Crippen LogP contribution is 2.38. The quantitative estimate of drug-likeness (QED) is 0.680. The summed E-state index contributed by atoms with van der Waals surface area (Å²) in [7, 11) is 0. The van der Waals surface area contributed by atoms with Crippen molar-refractivity contribution >= 4 is 0 Å². The van der Waals surface area contributed by atoms with Gasteiger partial charge in [-0.2, -0.15) is 0 Å². The fourth-order valence-electron chi connectivity index (χ4n) is 3.03. The molecule has 1 aliphatic carbocycles. The molecule has 0 saturated heterocycles. The second-order valence-corrected chi connectivity index (χ2v) is 7.46. The van der Waals surface area contributed by atoms with Crippen molar-refractivity contribution in [3.63, 3.8) is 0 Å². The average Bonchev–Trinajstić information content (AvgIpc) is 3.01. The van der Waals surface area contributed by atoms with Crippen molar-refractivity contribution in [2.24, 2.45) is 5.92 Å². The standard InChI is InChI=1S/C20H31NO.2H2/c1-5-16(14-21-20(2,3)4)15-22-19-13-9-8-12-18(19)17-10-6-7-11-17;;/h5,8-9,12-13,16-17,21H,1,6-7,10-11,14-15H2,2-4H3;2*1H. The van der Waals surface area contributed by atoms with Crippen LogP contribution in [0.4, 0.5) is 0 Å². The summed E-state index contributed by atoms with van der Waals surface area (Å²) in [6, 6.07) is 8.56. The Labute approximate surface area is 138 Å². The third kappa shape index (κ3) is 5.17. The molecular weight excluding hydrogens is 270 g/mol. The number of rotatable bonds is 7. The molecule has 2 heteroatoms. The van der Waals surface area contributed by atoms with E-state index in [0.717, 1.165) is 12.3 Å². The van der Waals surface area contributed by atoms with Crippen LogP contribution in [0, 0.1) is 5.92 Å². The van der Waals surface area contributed by atoms with Gasteiger partial charge in [0.1, 0.15) is 5.75 Å². The predicted octanol–water partition coefficient (Wildman–Crippen LogP) is 5.41. The van der Waals surface area contributed by atoms with Crippen LogP contribution in [0.5, 0.6) is 5.75 Å². The van der Waals surface area contributed by atoms with E-state index in [2.05, 4.69) is 56.9 Å². The largest absolute Gasteiger partial charge is 0.493 e. The Bertz CT molecular complexity index is 479.